The number of rotatable bonds is 4. The van der Waals surface area contributed by atoms with E-state index in [1.807, 2.05) is 0 Å². The van der Waals surface area contributed by atoms with Crippen LogP contribution >= 0.6 is 0 Å². The van der Waals surface area contributed by atoms with E-state index in [4.69, 9.17) is 0 Å². The topological polar surface area (TPSA) is 46.2 Å². The van der Waals surface area contributed by atoms with Gasteiger partial charge in [-0.1, -0.05) is 12.1 Å². The number of hydrogen-bond donors (Lipinski definition) is 1. The maximum Gasteiger partial charge on any atom is 0.460 e. The SMILES string of the molecule is CC(=O)c1cccc(NC(=O)C(F)(F)C(F)(F)C(F)(F)F)c1. The zero-order valence-electron chi connectivity index (χ0n) is 10.8. The molecule has 0 fully saturated rings. The highest BCUT2D eigenvalue weighted by Crippen LogP contribution is 2.46. The lowest BCUT2D eigenvalue weighted by atomic mass is 10.1. The van der Waals surface area contributed by atoms with E-state index in [2.05, 4.69) is 0 Å². The van der Waals surface area contributed by atoms with Gasteiger partial charge in [0.05, 0.1) is 0 Å². The lowest BCUT2D eigenvalue weighted by Gasteiger charge is -2.27. The fourth-order valence-corrected chi connectivity index (χ4v) is 1.35. The normalized spacial score (nSPS) is 12.9. The molecule has 0 saturated heterocycles. The first kappa shape index (κ1) is 17.9. The molecule has 10 heteroatoms. The van der Waals surface area contributed by atoms with Gasteiger partial charge in [-0.2, -0.15) is 30.7 Å². The van der Waals surface area contributed by atoms with E-state index in [0.29, 0.717) is 0 Å². The molecular formula is C12H8F7NO2. The Bertz CT molecular complexity index is 595. The number of amides is 1. The lowest BCUT2D eigenvalue weighted by Crippen LogP contribution is -2.57. The Morgan fingerprint density at radius 2 is 1.55 bits per heavy atom. The third-order valence-electron chi connectivity index (χ3n) is 2.56. The summed E-state index contributed by atoms with van der Waals surface area (Å²) in [6.07, 6.45) is -6.60. The molecule has 0 radical (unpaired) electrons. The second kappa shape index (κ2) is 5.58. The molecule has 0 aromatic heterocycles. The molecule has 122 valence electrons. The van der Waals surface area contributed by atoms with Gasteiger partial charge in [0.2, 0.25) is 0 Å². The largest absolute Gasteiger partial charge is 0.460 e. The van der Waals surface area contributed by atoms with Crippen molar-refractivity contribution < 1.29 is 40.3 Å². The van der Waals surface area contributed by atoms with Gasteiger partial charge in [-0.25, -0.2) is 0 Å². The minimum atomic E-state index is -6.60. The van der Waals surface area contributed by atoms with Gasteiger partial charge in [-0.3, -0.25) is 9.59 Å². The van der Waals surface area contributed by atoms with Crippen molar-refractivity contribution in [3.63, 3.8) is 0 Å². The summed E-state index contributed by atoms with van der Waals surface area (Å²) >= 11 is 0. The molecule has 0 unspecified atom stereocenters. The van der Waals surface area contributed by atoms with Crippen molar-refractivity contribution in [1.29, 1.82) is 0 Å². The van der Waals surface area contributed by atoms with Gasteiger partial charge in [0.1, 0.15) is 0 Å². The van der Waals surface area contributed by atoms with Crippen LogP contribution in [0.2, 0.25) is 0 Å². The van der Waals surface area contributed by atoms with Crippen LogP contribution < -0.4 is 5.32 Å². The van der Waals surface area contributed by atoms with E-state index < -0.39 is 35.4 Å². The van der Waals surface area contributed by atoms with Crippen molar-refractivity contribution in [2.75, 3.05) is 5.32 Å². The van der Waals surface area contributed by atoms with Gasteiger partial charge < -0.3 is 5.32 Å². The molecule has 0 bridgehead atoms. The zero-order valence-corrected chi connectivity index (χ0v) is 10.8. The Balaban J connectivity index is 3.06. The number of anilines is 1. The molecule has 0 atom stereocenters. The average molecular weight is 331 g/mol. The molecule has 3 nitrogen and oxygen atoms in total. The van der Waals surface area contributed by atoms with Gasteiger partial charge in [-0.15, -0.1) is 0 Å². The highest BCUT2D eigenvalue weighted by Gasteiger charge is 2.76. The first-order valence-corrected chi connectivity index (χ1v) is 5.55. The molecule has 0 aliphatic heterocycles. The third-order valence-corrected chi connectivity index (χ3v) is 2.56. The minimum Gasteiger partial charge on any atom is -0.321 e. The number of carbonyl (C=O) groups is 2. The minimum absolute atomic E-state index is 0.0521. The first-order valence-electron chi connectivity index (χ1n) is 5.55. The lowest BCUT2D eigenvalue weighted by molar-refractivity contribution is -0.343. The van der Waals surface area contributed by atoms with Crippen LogP contribution in [0.25, 0.3) is 0 Å². The average Bonchev–Trinajstić information content (AvgIpc) is 2.37. The number of nitrogens with one attached hydrogen (secondary N) is 1. The van der Waals surface area contributed by atoms with E-state index in [-0.39, 0.29) is 5.56 Å². The van der Waals surface area contributed by atoms with Crippen molar-refractivity contribution in [2.24, 2.45) is 0 Å². The standard InChI is InChI=1S/C12H8F7NO2/c1-6(21)7-3-2-4-8(5-7)20-9(22)10(13,14)11(15,16)12(17,18)19/h2-5H,1H3,(H,20,22). The highest BCUT2D eigenvalue weighted by molar-refractivity contribution is 5.99. The van der Waals surface area contributed by atoms with Crippen LogP contribution in [-0.4, -0.2) is 29.7 Å². The molecular weight excluding hydrogens is 323 g/mol. The fourth-order valence-electron chi connectivity index (χ4n) is 1.35. The second-order valence-electron chi connectivity index (χ2n) is 4.24. The van der Waals surface area contributed by atoms with E-state index in [1.54, 1.807) is 0 Å². The van der Waals surface area contributed by atoms with Gasteiger partial charge in [-0.05, 0) is 19.1 Å². The Morgan fingerprint density at radius 3 is 2.00 bits per heavy atom. The monoisotopic (exact) mass is 331 g/mol. The van der Waals surface area contributed by atoms with Crippen molar-refractivity contribution in [3.8, 4) is 0 Å². The molecule has 0 aliphatic carbocycles. The molecule has 1 rings (SSSR count). The number of ketones is 1. The summed E-state index contributed by atoms with van der Waals surface area (Å²) in [5.74, 6) is -15.9. The van der Waals surface area contributed by atoms with Crippen molar-refractivity contribution >= 4 is 17.4 Å². The number of halogens is 7. The zero-order chi connectivity index (χ0) is 17.3. The predicted molar refractivity (Wildman–Crippen MR) is 61.0 cm³/mol. The Kier molecular flexibility index (Phi) is 4.54. The van der Waals surface area contributed by atoms with E-state index >= 15 is 0 Å². The van der Waals surface area contributed by atoms with Crippen molar-refractivity contribution in [3.05, 3.63) is 29.8 Å². The van der Waals surface area contributed by atoms with Gasteiger partial charge in [0.25, 0.3) is 0 Å². The number of benzene rings is 1. The third kappa shape index (κ3) is 3.20. The fraction of sp³-hybridized carbons (Fsp3) is 0.333. The van der Waals surface area contributed by atoms with Crippen LogP contribution in [0.1, 0.15) is 17.3 Å². The first-order chi connectivity index (χ1) is 9.80. The van der Waals surface area contributed by atoms with Crippen molar-refractivity contribution in [1.82, 2.24) is 0 Å². The van der Waals surface area contributed by atoms with Crippen LogP contribution in [0.15, 0.2) is 24.3 Å². The predicted octanol–water partition coefficient (Wildman–Crippen LogP) is 3.66. The number of alkyl halides is 7. The number of Topliss-reactive ketones (excluding diaryl/α,β-unsaturated/α-hetero) is 1. The molecule has 0 aliphatic rings. The quantitative estimate of drug-likeness (QED) is 0.676. The van der Waals surface area contributed by atoms with E-state index in [1.165, 1.54) is 11.4 Å². The maximum absolute atomic E-state index is 13.1. The van der Waals surface area contributed by atoms with Gasteiger partial charge in [0.15, 0.2) is 5.78 Å². The summed E-state index contributed by atoms with van der Waals surface area (Å²) in [6.45, 7) is 1.10. The van der Waals surface area contributed by atoms with Crippen molar-refractivity contribution in [2.45, 2.75) is 24.9 Å². The smallest absolute Gasteiger partial charge is 0.321 e. The molecule has 1 amide bonds. The number of hydrogen-bond acceptors (Lipinski definition) is 2. The summed E-state index contributed by atoms with van der Waals surface area (Å²) in [4.78, 5) is 22.1. The highest BCUT2D eigenvalue weighted by atomic mass is 19.4. The number of carbonyl (C=O) groups excluding carboxylic acids is 2. The van der Waals surface area contributed by atoms with Crippen LogP contribution in [0.4, 0.5) is 36.4 Å². The molecule has 1 aromatic carbocycles. The molecule has 0 saturated carbocycles. The van der Waals surface area contributed by atoms with E-state index in [9.17, 15) is 40.3 Å². The van der Waals surface area contributed by atoms with Gasteiger partial charge >= 0.3 is 23.9 Å². The summed E-state index contributed by atoms with van der Waals surface area (Å²) in [5, 5.41) is 1.23. The van der Waals surface area contributed by atoms with Crippen LogP contribution in [-0.2, 0) is 4.79 Å². The Hall–Kier alpha value is -2.13. The summed E-state index contributed by atoms with van der Waals surface area (Å²) in [7, 11) is 0. The van der Waals surface area contributed by atoms with Gasteiger partial charge in [0, 0.05) is 11.3 Å². The molecule has 1 N–H and O–H groups in total. The Labute approximate surface area is 119 Å². The molecule has 22 heavy (non-hydrogen) atoms. The molecule has 0 spiro atoms. The summed E-state index contributed by atoms with van der Waals surface area (Å²) < 4.78 is 87.4. The Morgan fingerprint density at radius 1 is 1.00 bits per heavy atom. The summed E-state index contributed by atoms with van der Waals surface area (Å²) in [5.41, 5.74) is -0.570. The van der Waals surface area contributed by atoms with Crippen LogP contribution in [0, 0.1) is 0 Å². The second-order valence-corrected chi connectivity index (χ2v) is 4.24. The molecule has 0 heterocycles. The van der Waals surface area contributed by atoms with Crippen LogP contribution in [0.3, 0.4) is 0 Å². The summed E-state index contributed by atoms with van der Waals surface area (Å²) in [6, 6.07) is 4.18. The van der Waals surface area contributed by atoms with Crippen LogP contribution in [0.5, 0.6) is 0 Å². The maximum atomic E-state index is 13.1. The van der Waals surface area contributed by atoms with E-state index in [0.717, 1.165) is 25.1 Å². The molecule has 1 aromatic rings.